The van der Waals surface area contributed by atoms with Crippen LogP contribution in [0.4, 0.5) is 0 Å². The highest BCUT2D eigenvalue weighted by Crippen LogP contribution is 2.25. The highest BCUT2D eigenvalue weighted by molar-refractivity contribution is 6.33. The number of carbonyl (C=O) groups is 2. The van der Waals surface area contributed by atoms with Gasteiger partial charge in [0.05, 0.1) is 0 Å². The number of aromatic nitrogens is 1. The molecular formula is C15H10N2O2. The Morgan fingerprint density at radius 2 is 1.58 bits per heavy atom. The average Bonchev–Trinajstić information content (AvgIpc) is 2.45. The van der Waals surface area contributed by atoms with Gasteiger partial charge in [-0.2, -0.15) is 0 Å². The first-order valence-electron chi connectivity index (χ1n) is 5.82. The predicted octanol–water partition coefficient (Wildman–Crippen LogP) is 1.89. The number of nitrogens with one attached hydrogen (secondary N) is 1. The lowest BCUT2D eigenvalue weighted by Gasteiger charge is -2.17. The van der Waals surface area contributed by atoms with Gasteiger partial charge in [-0.05, 0) is 35.4 Å². The third-order valence-corrected chi connectivity index (χ3v) is 2.95. The molecule has 0 atom stereocenters. The van der Waals surface area contributed by atoms with E-state index in [2.05, 4.69) is 10.3 Å². The summed E-state index contributed by atoms with van der Waals surface area (Å²) in [6.45, 7) is 0. The van der Waals surface area contributed by atoms with E-state index in [1.54, 1.807) is 48.8 Å². The van der Waals surface area contributed by atoms with Crippen LogP contribution in [0.2, 0.25) is 0 Å². The van der Waals surface area contributed by atoms with E-state index in [0.29, 0.717) is 16.7 Å². The molecule has 92 valence electrons. The van der Waals surface area contributed by atoms with Gasteiger partial charge in [-0.25, -0.2) is 0 Å². The molecule has 2 aromatic rings. The molecule has 1 aromatic heterocycles. The maximum Gasteiger partial charge on any atom is 0.258 e. The standard InChI is InChI=1S/C15H10N2O2/c18-14-12-4-2-1-3-11(12)13(15(19)17-14)9-10-5-7-16-8-6-10/h1-9H,(H,17,18,19)/b13-9+. The maximum absolute atomic E-state index is 12.0. The van der Waals surface area contributed by atoms with E-state index in [4.69, 9.17) is 0 Å². The molecule has 1 aliphatic heterocycles. The van der Waals surface area contributed by atoms with Crippen molar-refractivity contribution in [2.45, 2.75) is 0 Å². The molecule has 0 spiro atoms. The van der Waals surface area contributed by atoms with Crippen molar-refractivity contribution in [3.63, 3.8) is 0 Å². The molecule has 4 heteroatoms. The molecule has 0 saturated heterocycles. The summed E-state index contributed by atoms with van der Waals surface area (Å²) in [5.74, 6) is -0.729. The van der Waals surface area contributed by atoms with Crippen LogP contribution >= 0.6 is 0 Å². The second-order valence-electron chi connectivity index (χ2n) is 4.17. The highest BCUT2D eigenvalue weighted by Gasteiger charge is 2.26. The fraction of sp³-hybridized carbons (Fsp3) is 0. The number of imide groups is 1. The summed E-state index contributed by atoms with van der Waals surface area (Å²) < 4.78 is 0. The SMILES string of the molecule is O=C1NC(=O)c2ccccc2/C1=C\c1ccncc1. The van der Waals surface area contributed by atoms with Crippen LogP contribution in [0.3, 0.4) is 0 Å². The number of hydrogen-bond acceptors (Lipinski definition) is 3. The minimum atomic E-state index is -0.375. The molecule has 2 heterocycles. The minimum absolute atomic E-state index is 0.354. The van der Waals surface area contributed by atoms with E-state index in [-0.39, 0.29) is 11.8 Å². The second kappa shape index (κ2) is 4.49. The molecule has 0 radical (unpaired) electrons. The average molecular weight is 250 g/mol. The van der Waals surface area contributed by atoms with E-state index < -0.39 is 0 Å². The van der Waals surface area contributed by atoms with Gasteiger partial charge in [0.2, 0.25) is 0 Å². The van der Waals surface area contributed by atoms with E-state index in [1.165, 1.54) is 0 Å². The third kappa shape index (κ3) is 2.04. The van der Waals surface area contributed by atoms with Gasteiger partial charge in [-0.3, -0.25) is 19.9 Å². The third-order valence-electron chi connectivity index (χ3n) is 2.95. The molecular weight excluding hydrogens is 240 g/mol. The molecule has 1 N–H and O–H groups in total. The monoisotopic (exact) mass is 250 g/mol. The fourth-order valence-electron chi connectivity index (χ4n) is 2.05. The Balaban J connectivity index is 2.16. The number of benzene rings is 1. The summed E-state index contributed by atoms with van der Waals surface area (Å²) in [6.07, 6.45) is 5.07. The highest BCUT2D eigenvalue weighted by atomic mass is 16.2. The van der Waals surface area contributed by atoms with Crippen LogP contribution in [0, 0.1) is 0 Å². The summed E-state index contributed by atoms with van der Waals surface area (Å²) in [4.78, 5) is 27.6. The minimum Gasteiger partial charge on any atom is -0.288 e. The number of rotatable bonds is 1. The van der Waals surface area contributed by atoms with Crippen LogP contribution < -0.4 is 5.32 Å². The summed E-state index contributed by atoms with van der Waals surface area (Å²) in [7, 11) is 0. The Bertz CT molecular complexity index is 690. The normalized spacial score (nSPS) is 16.1. The van der Waals surface area contributed by atoms with E-state index in [1.807, 2.05) is 6.07 Å². The van der Waals surface area contributed by atoms with Crippen molar-refractivity contribution in [3.05, 3.63) is 65.5 Å². The van der Waals surface area contributed by atoms with Gasteiger partial charge < -0.3 is 0 Å². The number of amides is 2. The number of fused-ring (bicyclic) bond motifs is 1. The Morgan fingerprint density at radius 3 is 2.32 bits per heavy atom. The number of hydrogen-bond donors (Lipinski definition) is 1. The quantitative estimate of drug-likeness (QED) is 0.621. The zero-order valence-electron chi connectivity index (χ0n) is 9.96. The van der Waals surface area contributed by atoms with Gasteiger partial charge in [0.15, 0.2) is 0 Å². The van der Waals surface area contributed by atoms with Gasteiger partial charge in [0.1, 0.15) is 0 Å². The Labute approximate surface area is 109 Å². The van der Waals surface area contributed by atoms with Gasteiger partial charge in [0.25, 0.3) is 11.8 Å². The summed E-state index contributed by atoms with van der Waals surface area (Å²) in [5.41, 5.74) is 2.53. The molecule has 0 saturated carbocycles. The number of pyridine rings is 1. The van der Waals surface area contributed by atoms with Crippen LogP contribution in [0.5, 0.6) is 0 Å². The summed E-state index contributed by atoms with van der Waals surface area (Å²) in [6, 6.07) is 10.7. The van der Waals surface area contributed by atoms with Crippen molar-refractivity contribution >= 4 is 23.5 Å². The van der Waals surface area contributed by atoms with Crippen LogP contribution in [-0.4, -0.2) is 16.8 Å². The van der Waals surface area contributed by atoms with E-state index >= 15 is 0 Å². The van der Waals surface area contributed by atoms with Gasteiger partial charge in [-0.15, -0.1) is 0 Å². The molecule has 0 fully saturated rings. The molecule has 0 aliphatic carbocycles. The smallest absolute Gasteiger partial charge is 0.258 e. The Hall–Kier alpha value is -2.75. The van der Waals surface area contributed by atoms with Crippen LogP contribution in [0.25, 0.3) is 11.6 Å². The molecule has 19 heavy (non-hydrogen) atoms. The van der Waals surface area contributed by atoms with E-state index in [9.17, 15) is 9.59 Å². The largest absolute Gasteiger partial charge is 0.288 e. The predicted molar refractivity (Wildman–Crippen MR) is 71.0 cm³/mol. The topological polar surface area (TPSA) is 59.1 Å². The van der Waals surface area contributed by atoms with Crippen molar-refractivity contribution in [2.75, 3.05) is 0 Å². The molecule has 4 nitrogen and oxygen atoms in total. The first-order chi connectivity index (χ1) is 9.25. The zero-order chi connectivity index (χ0) is 13.2. The van der Waals surface area contributed by atoms with Crippen LogP contribution in [0.1, 0.15) is 21.5 Å². The Kier molecular flexibility index (Phi) is 2.68. The zero-order valence-corrected chi connectivity index (χ0v) is 9.96. The van der Waals surface area contributed by atoms with Gasteiger partial charge in [0, 0.05) is 23.5 Å². The van der Waals surface area contributed by atoms with Crippen molar-refractivity contribution < 1.29 is 9.59 Å². The summed E-state index contributed by atoms with van der Waals surface area (Å²) >= 11 is 0. The molecule has 3 rings (SSSR count). The van der Waals surface area contributed by atoms with Crippen LogP contribution in [0.15, 0.2) is 48.8 Å². The second-order valence-corrected chi connectivity index (χ2v) is 4.17. The molecule has 2 amide bonds. The lowest BCUT2D eigenvalue weighted by molar-refractivity contribution is -0.114. The molecule has 1 aromatic carbocycles. The van der Waals surface area contributed by atoms with Gasteiger partial charge in [-0.1, -0.05) is 18.2 Å². The van der Waals surface area contributed by atoms with E-state index in [0.717, 1.165) is 5.56 Å². The molecule has 0 unspecified atom stereocenters. The molecule has 0 bridgehead atoms. The fourth-order valence-corrected chi connectivity index (χ4v) is 2.05. The van der Waals surface area contributed by atoms with Crippen molar-refractivity contribution in [3.8, 4) is 0 Å². The first-order valence-corrected chi connectivity index (χ1v) is 5.82. The van der Waals surface area contributed by atoms with Crippen LogP contribution in [-0.2, 0) is 4.79 Å². The Morgan fingerprint density at radius 1 is 0.895 bits per heavy atom. The van der Waals surface area contributed by atoms with Crippen molar-refractivity contribution in [1.82, 2.24) is 10.3 Å². The number of nitrogens with zero attached hydrogens (tertiary/aromatic N) is 1. The van der Waals surface area contributed by atoms with Gasteiger partial charge >= 0.3 is 0 Å². The van der Waals surface area contributed by atoms with Crippen molar-refractivity contribution in [2.24, 2.45) is 0 Å². The lowest BCUT2D eigenvalue weighted by Crippen LogP contribution is -2.36. The number of carbonyl (C=O) groups excluding carboxylic acids is 2. The molecule has 1 aliphatic rings. The maximum atomic E-state index is 12.0. The van der Waals surface area contributed by atoms with Crippen molar-refractivity contribution in [1.29, 1.82) is 0 Å². The summed E-state index contributed by atoms with van der Waals surface area (Å²) in [5, 5.41) is 2.34. The lowest BCUT2D eigenvalue weighted by atomic mass is 9.93. The first kappa shape index (κ1) is 11.3.